The van der Waals surface area contributed by atoms with Crippen LogP contribution in [0.1, 0.15) is 11.8 Å². The van der Waals surface area contributed by atoms with Gasteiger partial charge >= 0.3 is 0 Å². The average molecular weight is 405 g/mol. The molecular weight excluding hydrogens is 386 g/mol. The molecule has 1 N–H and O–H groups in total. The van der Waals surface area contributed by atoms with E-state index in [4.69, 9.17) is 9.15 Å². The molecule has 0 atom stereocenters. The summed E-state index contributed by atoms with van der Waals surface area (Å²) < 4.78 is 11.7. The van der Waals surface area contributed by atoms with Gasteiger partial charge in [0.05, 0.1) is 24.0 Å². The van der Waals surface area contributed by atoms with Crippen molar-refractivity contribution in [2.24, 2.45) is 0 Å². The number of amides is 1. The zero-order valence-corrected chi connectivity index (χ0v) is 16.6. The molecule has 0 bridgehead atoms. The third-order valence-electron chi connectivity index (χ3n) is 4.38. The maximum absolute atomic E-state index is 12.6. The summed E-state index contributed by atoms with van der Waals surface area (Å²) >= 11 is 1.54. The zero-order valence-electron chi connectivity index (χ0n) is 15.8. The van der Waals surface area contributed by atoms with Crippen LogP contribution in [0, 0.1) is 0 Å². The van der Waals surface area contributed by atoms with E-state index in [1.54, 1.807) is 18.2 Å². The van der Waals surface area contributed by atoms with Crippen molar-refractivity contribution >= 4 is 33.9 Å². The van der Waals surface area contributed by atoms with Crippen molar-refractivity contribution in [1.82, 2.24) is 0 Å². The maximum Gasteiger partial charge on any atom is 0.229 e. The van der Waals surface area contributed by atoms with E-state index in [9.17, 15) is 9.59 Å². The SMILES string of the molecule is CCOc1ccccc1-c1cc(=O)c2ccc(NC(=O)Cc3cccs3)cc2o1. The van der Waals surface area contributed by atoms with Gasteiger partial charge in [0.25, 0.3) is 0 Å². The quantitative estimate of drug-likeness (QED) is 0.484. The summed E-state index contributed by atoms with van der Waals surface area (Å²) in [4.78, 5) is 25.9. The molecule has 5 nitrogen and oxygen atoms in total. The van der Waals surface area contributed by atoms with Crippen LogP contribution in [0.5, 0.6) is 5.75 Å². The summed E-state index contributed by atoms with van der Waals surface area (Å²) in [7, 11) is 0. The predicted octanol–water partition coefficient (Wildman–Crippen LogP) is 5.10. The number of hydrogen-bond acceptors (Lipinski definition) is 5. The molecule has 2 aromatic heterocycles. The lowest BCUT2D eigenvalue weighted by Crippen LogP contribution is -2.13. The van der Waals surface area contributed by atoms with Crippen LogP contribution >= 0.6 is 11.3 Å². The molecule has 0 saturated carbocycles. The van der Waals surface area contributed by atoms with Crippen LogP contribution in [0.15, 0.2) is 75.3 Å². The molecule has 0 saturated heterocycles. The van der Waals surface area contributed by atoms with Gasteiger partial charge in [0.1, 0.15) is 17.1 Å². The zero-order chi connectivity index (χ0) is 20.2. The molecule has 1 amide bonds. The van der Waals surface area contributed by atoms with Crippen LogP contribution in [-0.4, -0.2) is 12.5 Å². The lowest BCUT2D eigenvalue weighted by molar-refractivity contribution is -0.115. The van der Waals surface area contributed by atoms with Gasteiger partial charge in [-0.3, -0.25) is 9.59 Å². The van der Waals surface area contributed by atoms with Crippen molar-refractivity contribution in [1.29, 1.82) is 0 Å². The van der Waals surface area contributed by atoms with E-state index >= 15 is 0 Å². The number of carbonyl (C=O) groups excluding carboxylic acids is 1. The van der Waals surface area contributed by atoms with Crippen LogP contribution in [0.25, 0.3) is 22.3 Å². The van der Waals surface area contributed by atoms with E-state index in [2.05, 4.69) is 5.32 Å². The highest BCUT2D eigenvalue weighted by Crippen LogP contribution is 2.31. The third-order valence-corrected chi connectivity index (χ3v) is 5.26. The Balaban J connectivity index is 1.67. The molecule has 4 rings (SSSR count). The number of hydrogen-bond donors (Lipinski definition) is 1. The van der Waals surface area contributed by atoms with E-state index in [1.165, 1.54) is 17.4 Å². The average Bonchev–Trinajstić information content (AvgIpc) is 3.21. The van der Waals surface area contributed by atoms with Crippen LogP contribution in [0.2, 0.25) is 0 Å². The Morgan fingerprint density at radius 1 is 1.10 bits per heavy atom. The molecule has 146 valence electrons. The Morgan fingerprint density at radius 3 is 2.76 bits per heavy atom. The van der Waals surface area contributed by atoms with E-state index < -0.39 is 0 Å². The third kappa shape index (κ3) is 4.22. The number of nitrogens with one attached hydrogen (secondary N) is 1. The Hall–Kier alpha value is -3.38. The molecule has 0 radical (unpaired) electrons. The Labute approximate surface area is 171 Å². The lowest BCUT2D eigenvalue weighted by atomic mass is 10.1. The van der Waals surface area contributed by atoms with Gasteiger partial charge in [0, 0.05) is 22.7 Å². The van der Waals surface area contributed by atoms with E-state index in [-0.39, 0.29) is 11.3 Å². The molecule has 0 spiro atoms. The molecule has 6 heteroatoms. The molecule has 0 aliphatic carbocycles. The van der Waals surface area contributed by atoms with Crippen LogP contribution in [0.4, 0.5) is 5.69 Å². The largest absolute Gasteiger partial charge is 0.493 e. The molecule has 0 aliphatic heterocycles. The number of benzene rings is 2. The topological polar surface area (TPSA) is 68.5 Å². The first-order valence-corrected chi connectivity index (χ1v) is 10.1. The van der Waals surface area contributed by atoms with E-state index in [0.29, 0.717) is 46.8 Å². The first-order chi connectivity index (χ1) is 14.1. The van der Waals surface area contributed by atoms with E-state index in [0.717, 1.165) is 4.88 Å². The molecule has 2 aromatic carbocycles. The molecule has 0 fully saturated rings. The predicted molar refractivity (Wildman–Crippen MR) is 116 cm³/mol. The Morgan fingerprint density at radius 2 is 1.97 bits per heavy atom. The number of carbonyl (C=O) groups is 1. The first kappa shape index (κ1) is 19.0. The first-order valence-electron chi connectivity index (χ1n) is 9.26. The van der Waals surface area contributed by atoms with Crippen molar-refractivity contribution in [3.63, 3.8) is 0 Å². The number of fused-ring (bicyclic) bond motifs is 1. The number of thiophene rings is 1. The van der Waals surface area contributed by atoms with Gasteiger partial charge in [0.15, 0.2) is 5.43 Å². The highest BCUT2D eigenvalue weighted by molar-refractivity contribution is 7.10. The van der Waals surface area contributed by atoms with Crippen molar-refractivity contribution in [3.05, 3.63) is 81.1 Å². The minimum Gasteiger partial charge on any atom is -0.493 e. The maximum atomic E-state index is 12.6. The highest BCUT2D eigenvalue weighted by atomic mass is 32.1. The lowest BCUT2D eigenvalue weighted by Gasteiger charge is -2.10. The van der Waals surface area contributed by atoms with Crippen molar-refractivity contribution in [3.8, 4) is 17.1 Å². The second kappa shape index (κ2) is 8.32. The van der Waals surface area contributed by atoms with Gasteiger partial charge in [0.2, 0.25) is 5.91 Å². The normalized spacial score (nSPS) is 10.8. The summed E-state index contributed by atoms with van der Waals surface area (Å²) in [6.45, 7) is 2.41. The summed E-state index contributed by atoms with van der Waals surface area (Å²) in [5.74, 6) is 0.957. The van der Waals surface area contributed by atoms with Crippen molar-refractivity contribution in [2.45, 2.75) is 13.3 Å². The molecule has 0 unspecified atom stereocenters. The molecule has 0 aliphatic rings. The highest BCUT2D eigenvalue weighted by Gasteiger charge is 2.13. The number of anilines is 1. The second-order valence-corrected chi connectivity index (χ2v) is 7.45. The van der Waals surface area contributed by atoms with Gasteiger partial charge < -0.3 is 14.5 Å². The van der Waals surface area contributed by atoms with E-state index in [1.807, 2.05) is 48.7 Å². The van der Waals surface area contributed by atoms with Gasteiger partial charge in [-0.1, -0.05) is 18.2 Å². The van der Waals surface area contributed by atoms with Crippen LogP contribution in [-0.2, 0) is 11.2 Å². The molecule has 4 aromatic rings. The Bertz CT molecular complexity index is 1210. The minimum atomic E-state index is -0.149. The fourth-order valence-electron chi connectivity index (χ4n) is 3.09. The summed E-state index contributed by atoms with van der Waals surface area (Å²) in [5.41, 5.74) is 1.55. The van der Waals surface area contributed by atoms with Crippen molar-refractivity contribution < 1.29 is 13.9 Å². The number of rotatable bonds is 6. The molecular formula is C23H19NO4S. The summed E-state index contributed by atoms with van der Waals surface area (Å²) in [6, 6.07) is 17.8. The van der Waals surface area contributed by atoms with Gasteiger partial charge in [-0.15, -0.1) is 11.3 Å². The standard InChI is InChI=1S/C23H19NO4S/c1-2-27-20-8-4-3-7-18(20)22-14-19(25)17-10-9-15(12-21(17)28-22)24-23(26)13-16-6-5-11-29-16/h3-12,14H,2,13H2,1H3,(H,24,26). The summed E-state index contributed by atoms with van der Waals surface area (Å²) in [6.07, 6.45) is 0.307. The van der Waals surface area contributed by atoms with Crippen molar-refractivity contribution in [2.75, 3.05) is 11.9 Å². The summed E-state index contributed by atoms with van der Waals surface area (Å²) in [5, 5.41) is 5.26. The Kier molecular flexibility index (Phi) is 5.44. The molecule has 2 heterocycles. The number of ether oxygens (including phenoxy) is 1. The smallest absolute Gasteiger partial charge is 0.229 e. The second-order valence-electron chi connectivity index (χ2n) is 6.42. The fourth-order valence-corrected chi connectivity index (χ4v) is 3.80. The van der Waals surface area contributed by atoms with Crippen LogP contribution < -0.4 is 15.5 Å². The fraction of sp³-hybridized carbons (Fsp3) is 0.130. The monoisotopic (exact) mass is 405 g/mol. The van der Waals surface area contributed by atoms with Gasteiger partial charge in [-0.05, 0) is 42.6 Å². The van der Waals surface area contributed by atoms with Gasteiger partial charge in [-0.2, -0.15) is 0 Å². The molecule has 29 heavy (non-hydrogen) atoms. The van der Waals surface area contributed by atoms with Gasteiger partial charge in [-0.25, -0.2) is 0 Å². The minimum absolute atomic E-state index is 0.119. The van der Waals surface area contributed by atoms with Crippen LogP contribution in [0.3, 0.4) is 0 Å². The number of para-hydroxylation sites is 1.